The largest absolute Gasteiger partial charge is 0.308 e. The summed E-state index contributed by atoms with van der Waals surface area (Å²) in [6.07, 6.45) is 4.06. The van der Waals surface area contributed by atoms with Gasteiger partial charge in [-0.25, -0.2) is 0 Å². The first-order valence-electron chi connectivity index (χ1n) is 6.80. The third-order valence-corrected chi connectivity index (χ3v) is 4.59. The second-order valence-electron chi connectivity index (χ2n) is 5.57. The Bertz CT molecular complexity index is 438. The molecule has 1 aromatic rings. The predicted octanol–water partition coefficient (Wildman–Crippen LogP) is 1.71. The van der Waals surface area contributed by atoms with Gasteiger partial charge in [-0.1, -0.05) is 11.6 Å². The highest BCUT2D eigenvalue weighted by Gasteiger charge is 2.34. The van der Waals surface area contributed by atoms with E-state index in [1.165, 1.54) is 32.4 Å². The smallest absolute Gasteiger partial charge is 0.131 e. The molecule has 1 N–H and O–H groups in total. The summed E-state index contributed by atoms with van der Waals surface area (Å²) in [6.45, 7) is 5.30. The van der Waals surface area contributed by atoms with Gasteiger partial charge in [0, 0.05) is 44.3 Å². The van der Waals surface area contributed by atoms with E-state index in [0.29, 0.717) is 6.04 Å². The molecule has 1 unspecified atom stereocenters. The summed E-state index contributed by atoms with van der Waals surface area (Å²) in [6, 6.07) is 1.50. The van der Waals surface area contributed by atoms with Crippen molar-refractivity contribution in [3.8, 4) is 0 Å². The molecule has 0 spiro atoms. The van der Waals surface area contributed by atoms with Gasteiger partial charge in [0.1, 0.15) is 5.15 Å². The molecule has 1 aromatic heterocycles. The van der Waals surface area contributed by atoms with Crippen LogP contribution in [0.15, 0.2) is 0 Å². The lowest BCUT2D eigenvalue weighted by atomic mass is 10.2. The first-order chi connectivity index (χ1) is 8.65. The molecule has 1 atom stereocenters. The standard InChI is InChI=1S/C13H21ClN4/c1-9-12(13(14)17(2)16-9)7-15-10-5-6-18(8-10)11-3-4-11/h10-11,15H,3-8H2,1-2H3. The van der Waals surface area contributed by atoms with Crippen LogP contribution in [0.5, 0.6) is 0 Å². The SMILES string of the molecule is Cc1nn(C)c(Cl)c1CNC1CCN(C2CC2)C1. The number of nitrogens with one attached hydrogen (secondary N) is 1. The molecule has 1 saturated carbocycles. The molecule has 1 saturated heterocycles. The zero-order valence-electron chi connectivity index (χ0n) is 11.1. The Labute approximate surface area is 113 Å². The maximum absolute atomic E-state index is 6.24. The number of halogens is 1. The molecule has 3 rings (SSSR count). The monoisotopic (exact) mass is 268 g/mol. The average molecular weight is 269 g/mol. The van der Waals surface area contributed by atoms with Crippen LogP contribution in [0.4, 0.5) is 0 Å². The molecule has 18 heavy (non-hydrogen) atoms. The van der Waals surface area contributed by atoms with Crippen LogP contribution in [0.25, 0.3) is 0 Å². The fourth-order valence-electron chi connectivity index (χ4n) is 2.85. The Morgan fingerprint density at radius 2 is 2.17 bits per heavy atom. The first kappa shape index (κ1) is 12.5. The highest BCUT2D eigenvalue weighted by Crippen LogP contribution is 2.30. The molecule has 0 amide bonds. The van der Waals surface area contributed by atoms with E-state index in [1.807, 2.05) is 14.0 Å². The molecule has 0 aromatic carbocycles. The zero-order chi connectivity index (χ0) is 12.7. The Kier molecular flexibility index (Phi) is 3.34. The van der Waals surface area contributed by atoms with Crippen LogP contribution in [0.1, 0.15) is 30.5 Å². The maximum atomic E-state index is 6.24. The summed E-state index contributed by atoms with van der Waals surface area (Å²) >= 11 is 6.24. The summed E-state index contributed by atoms with van der Waals surface area (Å²) < 4.78 is 1.75. The maximum Gasteiger partial charge on any atom is 0.131 e. The summed E-state index contributed by atoms with van der Waals surface area (Å²) in [7, 11) is 1.89. The van der Waals surface area contributed by atoms with E-state index in [0.717, 1.165) is 29.0 Å². The lowest BCUT2D eigenvalue weighted by Crippen LogP contribution is -2.33. The van der Waals surface area contributed by atoms with Crippen LogP contribution < -0.4 is 5.32 Å². The fourth-order valence-corrected chi connectivity index (χ4v) is 3.09. The molecule has 1 aliphatic carbocycles. The van der Waals surface area contributed by atoms with Crippen LogP contribution in [0, 0.1) is 6.92 Å². The van der Waals surface area contributed by atoms with Crippen LogP contribution in [-0.2, 0) is 13.6 Å². The summed E-state index contributed by atoms with van der Waals surface area (Å²) in [5.41, 5.74) is 2.18. The van der Waals surface area contributed by atoms with E-state index >= 15 is 0 Å². The molecule has 4 nitrogen and oxygen atoms in total. The van der Waals surface area contributed by atoms with E-state index in [-0.39, 0.29) is 0 Å². The molecule has 100 valence electrons. The van der Waals surface area contributed by atoms with Crippen molar-refractivity contribution in [2.24, 2.45) is 7.05 Å². The number of rotatable bonds is 4. The average Bonchev–Trinajstić information content (AvgIpc) is 3.03. The van der Waals surface area contributed by atoms with Gasteiger partial charge in [-0.15, -0.1) is 0 Å². The molecule has 2 fully saturated rings. The van der Waals surface area contributed by atoms with Gasteiger partial charge in [0.15, 0.2) is 0 Å². The van der Waals surface area contributed by atoms with Gasteiger partial charge in [0.2, 0.25) is 0 Å². The highest BCUT2D eigenvalue weighted by atomic mass is 35.5. The normalized spacial score (nSPS) is 24.9. The Hall–Kier alpha value is -0.580. The van der Waals surface area contributed by atoms with Crippen LogP contribution >= 0.6 is 11.6 Å². The minimum Gasteiger partial charge on any atom is -0.308 e. The Morgan fingerprint density at radius 3 is 2.78 bits per heavy atom. The van der Waals surface area contributed by atoms with E-state index in [4.69, 9.17) is 11.6 Å². The van der Waals surface area contributed by atoms with Crippen molar-refractivity contribution in [2.75, 3.05) is 13.1 Å². The Balaban J connectivity index is 1.55. The van der Waals surface area contributed by atoms with Crippen molar-refractivity contribution in [2.45, 2.75) is 44.8 Å². The second-order valence-corrected chi connectivity index (χ2v) is 5.93. The van der Waals surface area contributed by atoms with Crippen molar-refractivity contribution in [1.29, 1.82) is 0 Å². The van der Waals surface area contributed by atoms with E-state index in [9.17, 15) is 0 Å². The highest BCUT2D eigenvalue weighted by molar-refractivity contribution is 6.30. The van der Waals surface area contributed by atoms with E-state index < -0.39 is 0 Å². The number of likely N-dealkylation sites (tertiary alicyclic amines) is 1. The van der Waals surface area contributed by atoms with Crippen molar-refractivity contribution in [1.82, 2.24) is 20.0 Å². The van der Waals surface area contributed by atoms with Crippen LogP contribution in [0.2, 0.25) is 5.15 Å². The minimum absolute atomic E-state index is 0.612. The van der Waals surface area contributed by atoms with Gasteiger partial charge in [-0.3, -0.25) is 9.58 Å². The van der Waals surface area contributed by atoms with Gasteiger partial charge in [0.05, 0.1) is 5.69 Å². The number of nitrogens with zero attached hydrogens (tertiary/aromatic N) is 3. The van der Waals surface area contributed by atoms with E-state index in [2.05, 4.69) is 15.3 Å². The molecule has 2 heterocycles. The predicted molar refractivity (Wildman–Crippen MR) is 72.8 cm³/mol. The Morgan fingerprint density at radius 1 is 1.39 bits per heavy atom. The lowest BCUT2D eigenvalue weighted by Gasteiger charge is -2.15. The zero-order valence-corrected chi connectivity index (χ0v) is 11.9. The summed E-state index contributed by atoms with van der Waals surface area (Å²) in [4.78, 5) is 2.62. The number of hydrogen-bond acceptors (Lipinski definition) is 3. The number of hydrogen-bond donors (Lipinski definition) is 1. The first-order valence-corrected chi connectivity index (χ1v) is 7.18. The number of aromatic nitrogens is 2. The molecule has 0 radical (unpaired) electrons. The molecule has 5 heteroatoms. The van der Waals surface area contributed by atoms with Crippen molar-refractivity contribution in [3.63, 3.8) is 0 Å². The third-order valence-electron chi connectivity index (χ3n) is 4.12. The third kappa shape index (κ3) is 2.42. The fraction of sp³-hybridized carbons (Fsp3) is 0.769. The van der Waals surface area contributed by atoms with Gasteiger partial charge in [-0.05, 0) is 26.2 Å². The summed E-state index contributed by atoms with van der Waals surface area (Å²) in [5, 5.41) is 8.73. The van der Waals surface area contributed by atoms with Crippen molar-refractivity contribution >= 4 is 11.6 Å². The van der Waals surface area contributed by atoms with Crippen molar-refractivity contribution in [3.05, 3.63) is 16.4 Å². The lowest BCUT2D eigenvalue weighted by molar-refractivity contribution is 0.317. The van der Waals surface area contributed by atoms with Crippen LogP contribution in [-0.4, -0.2) is 39.9 Å². The quantitative estimate of drug-likeness (QED) is 0.903. The summed E-state index contributed by atoms with van der Waals surface area (Å²) in [5.74, 6) is 0. The van der Waals surface area contributed by atoms with Gasteiger partial charge in [-0.2, -0.15) is 5.10 Å². The molecule has 1 aliphatic heterocycles. The molecular formula is C13H21ClN4. The molecule has 0 bridgehead atoms. The number of aryl methyl sites for hydroxylation is 2. The topological polar surface area (TPSA) is 33.1 Å². The van der Waals surface area contributed by atoms with Gasteiger partial charge >= 0.3 is 0 Å². The second kappa shape index (κ2) is 4.83. The molecule has 2 aliphatic rings. The van der Waals surface area contributed by atoms with Gasteiger partial charge < -0.3 is 5.32 Å². The van der Waals surface area contributed by atoms with E-state index in [1.54, 1.807) is 4.68 Å². The van der Waals surface area contributed by atoms with Crippen LogP contribution in [0.3, 0.4) is 0 Å². The van der Waals surface area contributed by atoms with Crippen molar-refractivity contribution < 1.29 is 0 Å². The minimum atomic E-state index is 0.612. The molecular weight excluding hydrogens is 248 g/mol. The van der Waals surface area contributed by atoms with Gasteiger partial charge in [0.25, 0.3) is 0 Å².